The predicted octanol–water partition coefficient (Wildman–Crippen LogP) is 3.78. The third-order valence-electron chi connectivity index (χ3n) is 5.89. The Morgan fingerprint density at radius 2 is 1.86 bits per heavy atom. The molecule has 0 aliphatic carbocycles. The molecular formula is C23H21N7O6. The number of imidazole rings is 1. The van der Waals surface area contributed by atoms with Crippen LogP contribution in [-0.2, 0) is 11.3 Å². The second kappa shape index (κ2) is 9.19. The van der Waals surface area contributed by atoms with Crippen LogP contribution in [0.1, 0.15) is 28.9 Å². The Kier molecular flexibility index (Phi) is 5.90. The lowest BCUT2D eigenvalue weighted by molar-refractivity contribution is -0.394. The van der Waals surface area contributed by atoms with Gasteiger partial charge in [-0.15, -0.1) is 0 Å². The number of carbonyl (C=O) groups is 1. The van der Waals surface area contributed by atoms with Crippen molar-refractivity contribution in [1.29, 1.82) is 0 Å². The zero-order chi connectivity index (χ0) is 25.4. The highest BCUT2D eigenvalue weighted by Gasteiger charge is 2.24. The van der Waals surface area contributed by atoms with Crippen LogP contribution in [0.15, 0.2) is 48.5 Å². The van der Waals surface area contributed by atoms with Crippen molar-refractivity contribution in [2.45, 2.75) is 32.4 Å². The van der Waals surface area contributed by atoms with Crippen LogP contribution in [0, 0.1) is 27.2 Å². The summed E-state index contributed by atoms with van der Waals surface area (Å²) in [5, 5.41) is 29.7. The quantitative estimate of drug-likeness (QED) is 0.302. The van der Waals surface area contributed by atoms with E-state index in [0.717, 1.165) is 42.1 Å². The zero-order valence-corrected chi connectivity index (χ0v) is 19.2. The number of nitro groups is 2. The van der Waals surface area contributed by atoms with Crippen molar-refractivity contribution in [1.82, 2.24) is 19.3 Å². The summed E-state index contributed by atoms with van der Waals surface area (Å²) in [6, 6.07) is 12.0. The second-order valence-electron chi connectivity index (χ2n) is 8.44. The van der Waals surface area contributed by atoms with Gasteiger partial charge in [0, 0.05) is 24.8 Å². The standard InChI is InChI=1S/C23H21N7O6/c1-14-9-21(25-22(31)15-10-16(29(32)33)12-17(11-15)30(34)35)28(26-14)23-24-19-6-2-3-7-20(19)27(23)13-18-5-4-8-36-18/h2-3,6-7,9-12,18H,4-5,8,13H2,1H3,(H,25,31). The smallest absolute Gasteiger partial charge is 0.277 e. The van der Waals surface area contributed by atoms with Crippen molar-refractivity contribution < 1.29 is 19.4 Å². The first-order chi connectivity index (χ1) is 17.3. The minimum absolute atomic E-state index is 0.0153. The van der Waals surface area contributed by atoms with Crippen molar-refractivity contribution in [2.24, 2.45) is 0 Å². The maximum Gasteiger partial charge on any atom is 0.277 e. The Hall–Kier alpha value is -4.65. The average molecular weight is 491 g/mol. The molecule has 13 nitrogen and oxygen atoms in total. The number of nitrogens with one attached hydrogen (secondary N) is 1. The van der Waals surface area contributed by atoms with E-state index in [1.54, 1.807) is 13.0 Å². The molecule has 0 bridgehead atoms. The van der Waals surface area contributed by atoms with Gasteiger partial charge in [0.1, 0.15) is 5.82 Å². The van der Waals surface area contributed by atoms with E-state index in [1.165, 1.54) is 4.68 Å². The molecule has 5 rings (SSSR count). The summed E-state index contributed by atoms with van der Waals surface area (Å²) < 4.78 is 9.28. The first-order valence-electron chi connectivity index (χ1n) is 11.2. The number of rotatable bonds is 7. The number of benzene rings is 2. The summed E-state index contributed by atoms with van der Waals surface area (Å²) in [4.78, 5) is 38.7. The average Bonchev–Trinajstić information content (AvgIpc) is 3.58. The molecule has 13 heteroatoms. The Bertz CT molecular complexity index is 1470. The van der Waals surface area contributed by atoms with Gasteiger partial charge in [-0.25, -0.2) is 4.98 Å². The van der Waals surface area contributed by atoms with Gasteiger partial charge < -0.3 is 14.6 Å². The summed E-state index contributed by atoms with van der Waals surface area (Å²) in [7, 11) is 0. The van der Waals surface area contributed by atoms with Crippen LogP contribution in [0.25, 0.3) is 17.0 Å². The summed E-state index contributed by atoms with van der Waals surface area (Å²) in [6.45, 7) is 2.99. The molecule has 4 aromatic rings. The molecule has 1 atom stereocenters. The summed E-state index contributed by atoms with van der Waals surface area (Å²) >= 11 is 0. The number of nitrogens with zero attached hydrogens (tertiary/aromatic N) is 6. The molecule has 2 aromatic heterocycles. The SMILES string of the molecule is Cc1cc(NC(=O)c2cc([N+](=O)[O-])cc([N+](=O)[O-])c2)n(-c2nc3ccccc3n2CC2CCCO2)n1. The topological polar surface area (TPSA) is 160 Å². The second-order valence-corrected chi connectivity index (χ2v) is 8.44. The molecule has 1 N–H and O–H groups in total. The number of aryl methyl sites for hydroxylation is 1. The highest BCUT2D eigenvalue weighted by atomic mass is 16.6. The molecule has 2 aromatic carbocycles. The summed E-state index contributed by atoms with van der Waals surface area (Å²) in [5.74, 6) is -0.0413. The Morgan fingerprint density at radius 3 is 2.53 bits per heavy atom. The molecule has 1 fully saturated rings. The van der Waals surface area contributed by atoms with Crippen molar-refractivity contribution >= 4 is 34.1 Å². The molecule has 184 valence electrons. The molecule has 1 aliphatic rings. The number of hydrogen-bond acceptors (Lipinski definition) is 8. The minimum atomic E-state index is -0.786. The number of ether oxygens (including phenoxy) is 1. The number of nitro benzene ring substituents is 2. The lowest BCUT2D eigenvalue weighted by Crippen LogP contribution is -2.20. The highest BCUT2D eigenvalue weighted by Crippen LogP contribution is 2.27. The maximum absolute atomic E-state index is 13.0. The number of carbonyl (C=O) groups excluding carboxylic acids is 1. The Balaban J connectivity index is 1.54. The molecular weight excluding hydrogens is 470 g/mol. The fourth-order valence-electron chi connectivity index (χ4n) is 4.26. The van der Waals surface area contributed by atoms with Crippen molar-refractivity contribution in [3.05, 3.63) is 80.0 Å². The minimum Gasteiger partial charge on any atom is -0.376 e. The lowest BCUT2D eigenvalue weighted by atomic mass is 10.1. The summed E-state index contributed by atoms with van der Waals surface area (Å²) in [5.41, 5.74) is 0.864. The molecule has 1 unspecified atom stereocenters. The van der Waals surface area contributed by atoms with Gasteiger partial charge in [-0.05, 0) is 31.9 Å². The number of fused-ring (bicyclic) bond motifs is 1. The molecule has 0 radical (unpaired) electrons. The summed E-state index contributed by atoms with van der Waals surface area (Å²) in [6.07, 6.45) is 1.91. The number of amides is 1. The van der Waals surface area contributed by atoms with Crippen LogP contribution in [0.4, 0.5) is 17.2 Å². The maximum atomic E-state index is 13.0. The molecule has 3 heterocycles. The van der Waals surface area contributed by atoms with E-state index in [9.17, 15) is 25.0 Å². The Labute approximate surface area is 203 Å². The molecule has 0 spiro atoms. The molecule has 1 amide bonds. The highest BCUT2D eigenvalue weighted by molar-refractivity contribution is 6.04. The van der Waals surface area contributed by atoms with Crippen LogP contribution in [0.5, 0.6) is 0 Å². The number of anilines is 1. The fourth-order valence-corrected chi connectivity index (χ4v) is 4.26. The van der Waals surface area contributed by atoms with E-state index < -0.39 is 27.1 Å². The molecule has 0 saturated carbocycles. The van der Waals surface area contributed by atoms with Gasteiger partial charge in [0.15, 0.2) is 0 Å². The van der Waals surface area contributed by atoms with Crippen molar-refractivity contribution in [3.8, 4) is 5.95 Å². The lowest BCUT2D eigenvalue weighted by Gasteiger charge is -2.15. The third kappa shape index (κ3) is 4.38. The van der Waals surface area contributed by atoms with Crippen LogP contribution in [0.3, 0.4) is 0 Å². The van der Waals surface area contributed by atoms with Crippen molar-refractivity contribution in [3.63, 3.8) is 0 Å². The molecule has 36 heavy (non-hydrogen) atoms. The van der Waals surface area contributed by atoms with E-state index in [4.69, 9.17) is 9.72 Å². The number of hydrogen-bond donors (Lipinski definition) is 1. The van der Waals surface area contributed by atoms with E-state index in [2.05, 4.69) is 10.4 Å². The van der Waals surface area contributed by atoms with Crippen molar-refractivity contribution in [2.75, 3.05) is 11.9 Å². The van der Waals surface area contributed by atoms with Gasteiger partial charge in [0.05, 0.1) is 50.9 Å². The number of non-ortho nitro benzene ring substituents is 2. The first-order valence-corrected chi connectivity index (χ1v) is 11.2. The Morgan fingerprint density at radius 1 is 1.14 bits per heavy atom. The van der Waals surface area contributed by atoms with Gasteiger partial charge in [-0.2, -0.15) is 9.78 Å². The van der Waals surface area contributed by atoms with Gasteiger partial charge >= 0.3 is 0 Å². The molecule has 1 saturated heterocycles. The van der Waals surface area contributed by atoms with E-state index >= 15 is 0 Å². The van der Waals surface area contributed by atoms with E-state index in [1.807, 2.05) is 28.8 Å². The molecule has 1 aliphatic heterocycles. The first kappa shape index (κ1) is 23.1. The van der Waals surface area contributed by atoms with Crippen LogP contribution >= 0.6 is 0 Å². The number of aromatic nitrogens is 4. The van der Waals surface area contributed by atoms with E-state index in [-0.39, 0.29) is 17.5 Å². The van der Waals surface area contributed by atoms with Crippen LogP contribution in [0.2, 0.25) is 0 Å². The fraction of sp³-hybridized carbons (Fsp3) is 0.261. The normalized spacial score (nSPS) is 15.3. The van der Waals surface area contributed by atoms with Gasteiger partial charge in [-0.1, -0.05) is 12.1 Å². The largest absolute Gasteiger partial charge is 0.376 e. The van der Waals surface area contributed by atoms with Gasteiger partial charge in [-0.3, -0.25) is 25.0 Å². The third-order valence-corrected chi connectivity index (χ3v) is 5.89. The van der Waals surface area contributed by atoms with E-state index in [0.29, 0.717) is 24.8 Å². The van der Waals surface area contributed by atoms with Gasteiger partial charge in [0.25, 0.3) is 17.3 Å². The zero-order valence-electron chi connectivity index (χ0n) is 19.2. The van der Waals surface area contributed by atoms with Gasteiger partial charge in [0.2, 0.25) is 5.95 Å². The van der Waals surface area contributed by atoms with Crippen LogP contribution < -0.4 is 5.32 Å². The monoisotopic (exact) mass is 491 g/mol. The van der Waals surface area contributed by atoms with Crippen LogP contribution in [-0.4, -0.2) is 47.8 Å². The number of para-hydroxylation sites is 2. The predicted molar refractivity (Wildman–Crippen MR) is 128 cm³/mol.